The number of hydrogen-bond donors (Lipinski definition) is 0. The normalized spacial score (nSPS) is 12.5. The Kier molecular flexibility index (Phi) is 4.69. The second-order valence-corrected chi connectivity index (χ2v) is 4.99. The number of nitriles is 1. The minimum absolute atomic E-state index is 0.0543. The minimum atomic E-state index is -0.0543. The molecule has 1 atom stereocenters. The van der Waals surface area contributed by atoms with Crippen LogP contribution < -0.4 is 0 Å². The van der Waals surface area contributed by atoms with Crippen molar-refractivity contribution in [3.63, 3.8) is 0 Å². The molecule has 0 saturated carbocycles. The number of carbonyl (C=O) groups is 1. The van der Waals surface area contributed by atoms with Gasteiger partial charge < -0.3 is 4.57 Å². The summed E-state index contributed by atoms with van der Waals surface area (Å²) >= 11 is 0. The third-order valence-electron chi connectivity index (χ3n) is 3.30. The van der Waals surface area contributed by atoms with Crippen LogP contribution in [0.5, 0.6) is 0 Å². The Labute approximate surface area is 109 Å². The number of nitrogens with zero attached hydrogens (tertiary/aromatic N) is 3. The van der Waals surface area contributed by atoms with Gasteiger partial charge in [-0.15, -0.1) is 0 Å². The molecule has 0 bridgehead atoms. The Morgan fingerprint density at radius 1 is 1.56 bits per heavy atom. The Bertz CT molecular complexity index is 482. The summed E-state index contributed by atoms with van der Waals surface area (Å²) < 4.78 is 2.02. The van der Waals surface area contributed by atoms with Crippen LogP contribution >= 0.6 is 0 Å². The van der Waals surface area contributed by atoms with Gasteiger partial charge in [-0.25, -0.2) is 0 Å². The fraction of sp³-hybridized carbons (Fsp3) is 0.571. The zero-order valence-electron chi connectivity index (χ0n) is 11.8. The van der Waals surface area contributed by atoms with E-state index in [4.69, 9.17) is 5.26 Å². The van der Waals surface area contributed by atoms with E-state index in [-0.39, 0.29) is 11.7 Å². The fourth-order valence-electron chi connectivity index (χ4n) is 2.04. The first-order chi connectivity index (χ1) is 8.36. The topological polar surface area (TPSA) is 49.0 Å². The number of aromatic nitrogens is 1. The van der Waals surface area contributed by atoms with Crippen LogP contribution in [-0.2, 0) is 7.05 Å². The summed E-state index contributed by atoms with van der Waals surface area (Å²) in [5.74, 6) is 0.0604. The standard InChI is InChI=1S/C14H21N3O/c1-10(7-15)8-16(4)9-14(18)13-6-11(2)17(5)12(13)3/h6,10H,8-9H2,1-5H3. The Hall–Kier alpha value is -1.60. The van der Waals surface area contributed by atoms with Crippen molar-refractivity contribution < 1.29 is 4.79 Å². The van der Waals surface area contributed by atoms with Crippen LogP contribution in [0.4, 0.5) is 0 Å². The Morgan fingerprint density at radius 2 is 2.17 bits per heavy atom. The number of carbonyl (C=O) groups excluding carboxylic acids is 1. The molecule has 0 amide bonds. The number of ketones is 1. The molecule has 0 radical (unpaired) electrons. The van der Waals surface area contributed by atoms with Crippen molar-refractivity contribution in [1.29, 1.82) is 5.26 Å². The highest BCUT2D eigenvalue weighted by molar-refractivity contribution is 5.99. The second-order valence-electron chi connectivity index (χ2n) is 4.99. The summed E-state index contributed by atoms with van der Waals surface area (Å²) in [6.45, 7) is 6.78. The average Bonchev–Trinajstić information content (AvgIpc) is 2.56. The molecular formula is C14H21N3O. The van der Waals surface area contributed by atoms with Crippen LogP contribution in [0.3, 0.4) is 0 Å². The van der Waals surface area contributed by atoms with E-state index >= 15 is 0 Å². The largest absolute Gasteiger partial charge is 0.351 e. The highest BCUT2D eigenvalue weighted by Gasteiger charge is 2.16. The molecule has 0 aliphatic carbocycles. The predicted molar refractivity (Wildman–Crippen MR) is 71.5 cm³/mol. The molecule has 4 heteroatoms. The molecule has 1 aromatic heterocycles. The summed E-state index contributed by atoms with van der Waals surface area (Å²) in [7, 11) is 3.83. The lowest BCUT2D eigenvalue weighted by Crippen LogP contribution is -2.29. The lowest BCUT2D eigenvalue weighted by Gasteiger charge is -2.16. The van der Waals surface area contributed by atoms with E-state index in [1.165, 1.54) is 0 Å². The van der Waals surface area contributed by atoms with Crippen LogP contribution in [0.1, 0.15) is 28.7 Å². The number of hydrogen-bond acceptors (Lipinski definition) is 3. The van der Waals surface area contributed by atoms with Gasteiger partial charge in [0.25, 0.3) is 0 Å². The predicted octanol–water partition coefficient (Wildman–Crippen LogP) is 1.92. The smallest absolute Gasteiger partial charge is 0.178 e. The van der Waals surface area contributed by atoms with E-state index in [1.807, 2.05) is 50.4 Å². The molecule has 1 heterocycles. The van der Waals surface area contributed by atoms with Gasteiger partial charge in [-0.05, 0) is 33.9 Å². The highest BCUT2D eigenvalue weighted by Crippen LogP contribution is 2.14. The fourth-order valence-corrected chi connectivity index (χ4v) is 2.04. The summed E-state index contributed by atoms with van der Waals surface area (Å²) in [5, 5.41) is 8.75. The van der Waals surface area contributed by atoms with Crippen molar-refractivity contribution in [3.8, 4) is 6.07 Å². The minimum Gasteiger partial charge on any atom is -0.351 e. The number of aryl methyl sites for hydroxylation is 1. The van der Waals surface area contributed by atoms with Crippen LogP contribution in [0.25, 0.3) is 0 Å². The van der Waals surface area contributed by atoms with Crippen LogP contribution in [0.2, 0.25) is 0 Å². The van der Waals surface area contributed by atoms with Crippen LogP contribution in [-0.4, -0.2) is 35.4 Å². The van der Waals surface area contributed by atoms with Crippen molar-refractivity contribution in [2.75, 3.05) is 20.1 Å². The SMILES string of the molecule is Cc1cc(C(=O)CN(C)CC(C)C#N)c(C)n1C. The molecule has 0 aromatic carbocycles. The van der Waals surface area contributed by atoms with E-state index in [0.29, 0.717) is 13.1 Å². The summed E-state index contributed by atoms with van der Waals surface area (Å²) in [5.41, 5.74) is 2.87. The molecule has 1 aromatic rings. The van der Waals surface area contributed by atoms with E-state index in [0.717, 1.165) is 17.0 Å². The van der Waals surface area contributed by atoms with Gasteiger partial charge in [0.05, 0.1) is 18.5 Å². The van der Waals surface area contributed by atoms with E-state index in [1.54, 1.807) is 0 Å². The zero-order chi connectivity index (χ0) is 13.9. The number of Topliss-reactive ketones (excluding diaryl/α,β-unsaturated/α-hetero) is 1. The van der Waals surface area contributed by atoms with Gasteiger partial charge in [-0.2, -0.15) is 5.26 Å². The highest BCUT2D eigenvalue weighted by atomic mass is 16.1. The first kappa shape index (κ1) is 14.5. The van der Waals surface area contributed by atoms with Gasteiger partial charge in [0.2, 0.25) is 0 Å². The maximum Gasteiger partial charge on any atom is 0.178 e. The molecule has 0 N–H and O–H groups in total. The van der Waals surface area contributed by atoms with Crippen LogP contribution in [0.15, 0.2) is 6.07 Å². The Balaban J connectivity index is 2.71. The first-order valence-electron chi connectivity index (χ1n) is 6.11. The van der Waals surface area contributed by atoms with E-state index in [2.05, 4.69) is 6.07 Å². The lowest BCUT2D eigenvalue weighted by atomic mass is 10.1. The summed E-state index contributed by atoms with van der Waals surface area (Å²) in [4.78, 5) is 14.1. The molecule has 0 spiro atoms. The van der Waals surface area contributed by atoms with Gasteiger partial charge >= 0.3 is 0 Å². The summed E-state index contributed by atoms with van der Waals surface area (Å²) in [6, 6.07) is 4.11. The van der Waals surface area contributed by atoms with Crippen molar-refractivity contribution in [2.24, 2.45) is 13.0 Å². The van der Waals surface area contributed by atoms with Gasteiger partial charge in [0, 0.05) is 30.5 Å². The summed E-state index contributed by atoms with van der Waals surface area (Å²) in [6.07, 6.45) is 0. The van der Waals surface area contributed by atoms with Gasteiger partial charge in [0.1, 0.15) is 0 Å². The lowest BCUT2D eigenvalue weighted by molar-refractivity contribution is 0.0942. The van der Waals surface area contributed by atoms with Crippen molar-refractivity contribution in [2.45, 2.75) is 20.8 Å². The Morgan fingerprint density at radius 3 is 2.61 bits per heavy atom. The molecular weight excluding hydrogens is 226 g/mol. The third kappa shape index (κ3) is 3.21. The van der Waals surface area contributed by atoms with Crippen molar-refractivity contribution >= 4 is 5.78 Å². The molecule has 1 rings (SSSR count). The molecule has 0 aliphatic heterocycles. The first-order valence-corrected chi connectivity index (χ1v) is 6.11. The maximum absolute atomic E-state index is 12.2. The molecule has 4 nitrogen and oxygen atoms in total. The van der Waals surface area contributed by atoms with E-state index < -0.39 is 0 Å². The van der Waals surface area contributed by atoms with E-state index in [9.17, 15) is 4.79 Å². The van der Waals surface area contributed by atoms with Gasteiger partial charge in [-0.1, -0.05) is 0 Å². The molecule has 0 saturated heterocycles. The van der Waals surface area contributed by atoms with Crippen molar-refractivity contribution in [1.82, 2.24) is 9.47 Å². The number of rotatable bonds is 5. The third-order valence-corrected chi connectivity index (χ3v) is 3.30. The number of likely N-dealkylation sites (N-methyl/N-ethyl adjacent to an activating group) is 1. The monoisotopic (exact) mass is 247 g/mol. The maximum atomic E-state index is 12.2. The van der Waals surface area contributed by atoms with Gasteiger partial charge in [-0.3, -0.25) is 9.69 Å². The molecule has 0 aliphatic rings. The van der Waals surface area contributed by atoms with Gasteiger partial charge in [0.15, 0.2) is 5.78 Å². The van der Waals surface area contributed by atoms with Crippen molar-refractivity contribution in [3.05, 3.63) is 23.0 Å². The quantitative estimate of drug-likeness (QED) is 0.747. The second kappa shape index (κ2) is 5.83. The average molecular weight is 247 g/mol. The molecule has 98 valence electrons. The molecule has 18 heavy (non-hydrogen) atoms. The molecule has 0 fully saturated rings. The zero-order valence-corrected chi connectivity index (χ0v) is 11.8. The van der Waals surface area contributed by atoms with Crippen LogP contribution in [0, 0.1) is 31.1 Å². The molecule has 1 unspecified atom stereocenters.